The second kappa shape index (κ2) is 15.8. The number of nitrogen functional groups attached to an aromatic ring is 1. The summed E-state index contributed by atoms with van der Waals surface area (Å²) in [5.41, 5.74) is 3.72. The van der Waals surface area contributed by atoms with Crippen LogP contribution >= 0.6 is 7.75 Å². The fourth-order valence-corrected chi connectivity index (χ4v) is 6.42. The molecule has 1 saturated heterocycles. The van der Waals surface area contributed by atoms with Crippen molar-refractivity contribution < 1.29 is 52.1 Å². The number of nitrogens with zero attached hydrogens (tertiary/aromatic N) is 3. The highest BCUT2D eigenvalue weighted by Gasteiger charge is 2.62. The molecule has 1 fully saturated rings. The van der Waals surface area contributed by atoms with Gasteiger partial charge in [-0.1, -0.05) is 45.9 Å². The van der Waals surface area contributed by atoms with Crippen LogP contribution in [0.15, 0.2) is 54.7 Å². The normalized spacial score (nSPS) is 22.3. The van der Waals surface area contributed by atoms with Crippen molar-refractivity contribution in [2.75, 3.05) is 18.9 Å². The summed E-state index contributed by atoms with van der Waals surface area (Å²) in [4.78, 5) is 39.1. The first-order valence-corrected chi connectivity index (χ1v) is 17.8. The SMILES string of the molecule is CC(C)C(=O)O[C@H]1[C@H](c2ccc3c(N)ccnn23)O[C@](C#N)(CO[P@@](=O)(N[C@@H](C)C(=O)OCC(C)(C)O)Oc2ccccc2)[C@H]1OC(=O)C(C)C. The Balaban J connectivity index is 1.77. The first-order valence-electron chi connectivity index (χ1n) is 16.3. The lowest BCUT2D eigenvalue weighted by Crippen LogP contribution is -2.50. The molecule has 276 valence electrons. The van der Waals surface area contributed by atoms with Gasteiger partial charge in [0.15, 0.2) is 12.2 Å². The number of benzene rings is 1. The van der Waals surface area contributed by atoms with Crippen LogP contribution in [0.25, 0.3) is 5.52 Å². The first-order chi connectivity index (χ1) is 23.9. The number of fused-ring (bicyclic) bond motifs is 1. The van der Waals surface area contributed by atoms with Crippen molar-refractivity contribution in [2.24, 2.45) is 11.8 Å². The summed E-state index contributed by atoms with van der Waals surface area (Å²) in [6, 6.07) is 13.5. The van der Waals surface area contributed by atoms with E-state index >= 15 is 0 Å². The Morgan fingerprint density at radius 2 is 1.71 bits per heavy atom. The maximum atomic E-state index is 14.4. The monoisotopic (exact) mass is 729 g/mol. The predicted octanol–water partition coefficient (Wildman–Crippen LogP) is 3.88. The molecule has 51 heavy (non-hydrogen) atoms. The number of nitrogens with two attached hydrogens (primary N) is 1. The van der Waals surface area contributed by atoms with Crippen LogP contribution in [0.3, 0.4) is 0 Å². The van der Waals surface area contributed by atoms with Crippen molar-refractivity contribution >= 4 is 36.9 Å². The Labute approximate surface area is 295 Å². The van der Waals surface area contributed by atoms with Gasteiger partial charge in [0.25, 0.3) is 0 Å². The molecule has 6 atom stereocenters. The van der Waals surface area contributed by atoms with E-state index in [4.69, 9.17) is 33.7 Å². The number of para-hydroxylation sites is 1. The van der Waals surface area contributed by atoms with Gasteiger partial charge in [-0.05, 0) is 51.1 Å². The number of esters is 3. The molecule has 0 radical (unpaired) electrons. The highest BCUT2D eigenvalue weighted by Crippen LogP contribution is 2.50. The van der Waals surface area contributed by atoms with Gasteiger partial charge in [0.1, 0.15) is 37.2 Å². The number of aliphatic hydroxyl groups is 1. The van der Waals surface area contributed by atoms with Gasteiger partial charge in [0, 0.05) is 6.20 Å². The molecule has 4 N–H and O–H groups in total. The molecule has 17 heteroatoms. The van der Waals surface area contributed by atoms with Crippen molar-refractivity contribution in [3.05, 3.63) is 60.4 Å². The Hall–Kier alpha value is -4.52. The number of ether oxygens (including phenoxy) is 4. The number of hydrogen-bond donors (Lipinski definition) is 3. The van der Waals surface area contributed by atoms with Gasteiger partial charge in [-0.25, -0.2) is 9.08 Å². The van der Waals surface area contributed by atoms with E-state index in [1.807, 2.05) is 6.07 Å². The predicted molar refractivity (Wildman–Crippen MR) is 182 cm³/mol. The minimum atomic E-state index is -4.62. The van der Waals surface area contributed by atoms with Crippen molar-refractivity contribution in [1.82, 2.24) is 14.7 Å². The van der Waals surface area contributed by atoms with Crippen LogP contribution < -0.4 is 15.3 Å². The molecule has 0 aliphatic carbocycles. The zero-order valence-corrected chi connectivity index (χ0v) is 30.4. The largest absolute Gasteiger partial charge is 0.461 e. The van der Waals surface area contributed by atoms with Crippen LogP contribution in [0.5, 0.6) is 5.75 Å². The van der Waals surface area contributed by atoms with Gasteiger partial charge < -0.3 is 34.3 Å². The lowest BCUT2D eigenvalue weighted by Gasteiger charge is -2.31. The van der Waals surface area contributed by atoms with Gasteiger partial charge in [-0.15, -0.1) is 0 Å². The smallest absolute Gasteiger partial charge is 0.459 e. The molecule has 1 aliphatic heterocycles. The second-order valence-corrected chi connectivity index (χ2v) is 15.1. The lowest BCUT2D eigenvalue weighted by molar-refractivity contribution is -0.173. The average Bonchev–Trinajstić information content (AvgIpc) is 3.62. The minimum Gasteiger partial charge on any atom is -0.461 e. The van der Waals surface area contributed by atoms with E-state index in [1.165, 1.54) is 43.6 Å². The van der Waals surface area contributed by atoms with Crippen molar-refractivity contribution in [3.63, 3.8) is 0 Å². The molecule has 2 aromatic heterocycles. The number of carbonyl (C=O) groups excluding carboxylic acids is 3. The summed E-state index contributed by atoms with van der Waals surface area (Å²) in [5.74, 6) is -3.54. The molecule has 0 spiro atoms. The molecule has 0 bridgehead atoms. The first kappa shape index (κ1) is 39.3. The summed E-state index contributed by atoms with van der Waals surface area (Å²) in [7, 11) is -4.62. The second-order valence-electron chi connectivity index (χ2n) is 13.4. The van der Waals surface area contributed by atoms with Crippen molar-refractivity contribution in [2.45, 2.75) is 84.0 Å². The lowest BCUT2D eigenvalue weighted by atomic mass is 9.95. The van der Waals surface area contributed by atoms with E-state index in [0.717, 1.165) is 0 Å². The minimum absolute atomic E-state index is 0.0801. The number of nitrogens with one attached hydrogen (secondary N) is 1. The fraction of sp³-hybridized carbons (Fsp3) is 0.500. The third kappa shape index (κ3) is 9.43. The van der Waals surface area contributed by atoms with E-state index in [9.17, 15) is 29.3 Å². The molecular formula is C34H44N5O11P. The molecular weight excluding hydrogens is 685 g/mol. The molecule has 4 rings (SSSR count). The van der Waals surface area contributed by atoms with Gasteiger partial charge in [-0.2, -0.15) is 15.4 Å². The molecule has 0 amide bonds. The van der Waals surface area contributed by atoms with Gasteiger partial charge >= 0.3 is 25.7 Å². The zero-order chi connectivity index (χ0) is 37.7. The van der Waals surface area contributed by atoms with E-state index < -0.39 is 79.7 Å². The molecule has 0 saturated carbocycles. The standard InChI is InChI=1S/C34H44N5O11P/c1-20(2)30(40)47-28-27(26-14-13-25-24(36)15-16-37-39(25)26)49-34(17-35,29(28)48-31(41)21(3)4)19-46-51(44,50-23-11-9-8-10-12-23)38-22(5)32(42)45-18-33(6,7)43/h8-16,20-22,27-29,43H,18-19,36H2,1-7H3,(H,38,44)/t22-,27-,28-,29-,34+,51-/m0/s1. The van der Waals surface area contributed by atoms with Gasteiger partial charge in [-0.3, -0.25) is 18.9 Å². The summed E-state index contributed by atoms with van der Waals surface area (Å²) in [5, 5.41) is 27.7. The van der Waals surface area contributed by atoms with Crippen LogP contribution in [0.1, 0.15) is 60.3 Å². The number of nitriles is 1. The average molecular weight is 730 g/mol. The Bertz CT molecular complexity index is 1800. The van der Waals surface area contributed by atoms with Crippen LogP contribution in [-0.2, 0) is 42.4 Å². The van der Waals surface area contributed by atoms with E-state index in [0.29, 0.717) is 16.9 Å². The maximum Gasteiger partial charge on any atom is 0.459 e. The van der Waals surface area contributed by atoms with Crippen LogP contribution in [0, 0.1) is 23.2 Å². The number of carbonyl (C=O) groups is 3. The van der Waals surface area contributed by atoms with Crippen molar-refractivity contribution in [1.29, 1.82) is 5.26 Å². The molecule has 16 nitrogen and oxygen atoms in total. The van der Waals surface area contributed by atoms with E-state index in [-0.39, 0.29) is 12.4 Å². The van der Waals surface area contributed by atoms with Crippen LogP contribution in [0.4, 0.5) is 5.69 Å². The third-order valence-corrected chi connectivity index (χ3v) is 9.24. The van der Waals surface area contributed by atoms with Gasteiger partial charge in [0.05, 0.1) is 34.3 Å². The summed E-state index contributed by atoms with van der Waals surface area (Å²) >= 11 is 0. The number of rotatable bonds is 15. The summed E-state index contributed by atoms with van der Waals surface area (Å²) in [6.45, 7) is 9.34. The van der Waals surface area contributed by atoms with E-state index in [2.05, 4.69) is 10.2 Å². The highest BCUT2D eigenvalue weighted by atomic mass is 31.2. The molecule has 3 heterocycles. The Morgan fingerprint density at radius 1 is 1.06 bits per heavy atom. The number of anilines is 1. The molecule has 1 aliphatic rings. The van der Waals surface area contributed by atoms with Crippen molar-refractivity contribution in [3.8, 4) is 11.8 Å². The molecule has 0 unspecified atom stereocenters. The number of aromatic nitrogens is 2. The molecule has 3 aromatic rings. The van der Waals surface area contributed by atoms with Crippen LogP contribution in [0.2, 0.25) is 0 Å². The molecule has 1 aromatic carbocycles. The topological polar surface area (TPSA) is 223 Å². The van der Waals surface area contributed by atoms with Crippen LogP contribution in [-0.4, -0.2) is 75.3 Å². The Morgan fingerprint density at radius 3 is 2.31 bits per heavy atom. The summed E-state index contributed by atoms with van der Waals surface area (Å²) in [6.07, 6.45) is -2.89. The summed E-state index contributed by atoms with van der Waals surface area (Å²) < 4.78 is 50.8. The highest BCUT2D eigenvalue weighted by molar-refractivity contribution is 7.52. The maximum absolute atomic E-state index is 14.4. The third-order valence-electron chi connectivity index (χ3n) is 7.62. The van der Waals surface area contributed by atoms with Gasteiger partial charge in [0.2, 0.25) is 5.60 Å². The zero-order valence-electron chi connectivity index (χ0n) is 29.5. The number of hydrogen-bond acceptors (Lipinski definition) is 14. The quantitative estimate of drug-likeness (QED) is 0.115. The van der Waals surface area contributed by atoms with E-state index in [1.54, 1.807) is 64.1 Å². The Kier molecular flexibility index (Phi) is 12.2. The fourth-order valence-electron chi connectivity index (χ4n) is 4.90.